The van der Waals surface area contributed by atoms with Gasteiger partial charge in [-0.2, -0.15) is 0 Å². The van der Waals surface area contributed by atoms with E-state index in [0.717, 1.165) is 18.5 Å². The van der Waals surface area contributed by atoms with Gasteiger partial charge in [0.25, 0.3) is 0 Å². The molecular formula is C15H21N3O3. The van der Waals surface area contributed by atoms with Crippen LogP contribution in [0.3, 0.4) is 0 Å². The number of nitrogens with zero attached hydrogens (tertiary/aromatic N) is 1. The number of pyridine rings is 1. The Kier molecular flexibility index (Phi) is 5.14. The summed E-state index contributed by atoms with van der Waals surface area (Å²) in [7, 11) is 0. The fourth-order valence-electron chi connectivity index (χ4n) is 1.98. The maximum Gasteiger partial charge on any atom is 0.335 e. The molecule has 1 heterocycles. The molecule has 2 rings (SSSR count). The van der Waals surface area contributed by atoms with Crippen LogP contribution in [0.5, 0.6) is 0 Å². The molecule has 1 aromatic heterocycles. The molecule has 3 N–H and O–H groups in total. The molecule has 0 unspecified atom stereocenters. The van der Waals surface area contributed by atoms with Crippen LogP contribution < -0.4 is 10.6 Å². The fourth-order valence-corrected chi connectivity index (χ4v) is 1.98. The van der Waals surface area contributed by atoms with Crippen LogP contribution in [-0.2, 0) is 11.2 Å². The minimum absolute atomic E-state index is 0.0841. The number of aryl methyl sites for hydroxylation is 1. The molecule has 0 aliphatic heterocycles. The first kappa shape index (κ1) is 15.3. The van der Waals surface area contributed by atoms with Crippen molar-refractivity contribution in [1.82, 2.24) is 10.3 Å². The van der Waals surface area contributed by atoms with Crippen molar-refractivity contribution in [3.63, 3.8) is 0 Å². The van der Waals surface area contributed by atoms with Crippen molar-refractivity contribution in [3.8, 4) is 0 Å². The van der Waals surface area contributed by atoms with Crippen molar-refractivity contribution in [2.45, 2.75) is 45.1 Å². The SMILES string of the molecule is CCc1cc(C(=O)O)cc(NCCCC(=O)NC2CC2)n1. The number of rotatable bonds is 8. The first-order chi connectivity index (χ1) is 10.1. The highest BCUT2D eigenvalue weighted by Gasteiger charge is 2.22. The van der Waals surface area contributed by atoms with Crippen LogP contribution in [0, 0.1) is 0 Å². The Balaban J connectivity index is 1.80. The molecule has 1 fully saturated rings. The minimum atomic E-state index is -0.959. The van der Waals surface area contributed by atoms with Crippen LogP contribution in [0.1, 0.15) is 48.7 Å². The smallest absolute Gasteiger partial charge is 0.335 e. The second kappa shape index (κ2) is 7.06. The van der Waals surface area contributed by atoms with E-state index in [9.17, 15) is 9.59 Å². The molecule has 6 nitrogen and oxygen atoms in total. The highest BCUT2D eigenvalue weighted by atomic mass is 16.4. The van der Waals surface area contributed by atoms with Gasteiger partial charge in [-0.05, 0) is 37.8 Å². The minimum Gasteiger partial charge on any atom is -0.478 e. The molecule has 0 atom stereocenters. The molecule has 0 spiro atoms. The summed E-state index contributed by atoms with van der Waals surface area (Å²) in [5.74, 6) is -0.325. The zero-order chi connectivity index (χ0) is 15.2. The zero-order valence-electron chi connectivity index (χ0n) is 12.2. The summed E-state index contributed by atoms with van der Waals surface area (Å²) < 4.78 is 0. The Morgan fingerprint density at radius 3 is 2.76 bits per heavy atom. The molecule has 1 saturated carbocycles. The Labute approximate surface area is 124 Å². The second-order valence-electron chi connectivity index (χ2n) is 5.26. The number of hydrogen-bond donors (Lipinski definition) is 3. The lowest BCUT2D eigenvalue weighted by Gasteiger charge is -2.08. The zero-order valence-corrected chi connectivity index (χ0v) is 12.2. The van der Waals surface area contributed by atoms with Gasteiger partial charge in [0, 0.05) is 24.7 Å². The number of carboxylic acid groups (broad SMARTS) is 1. The van der Waals surface area contributed by atoms with Crippen LogP contribution >= 0.6 is 0 Å². The number of aromatic carboxylic acids is 1. The van der Waals surface area contributed by atoms with E-state index >= 15 is 0 Å². The first-order valence-electron chi connectivity index (χ1n) is 7.36. The molecular weight excluding hydrogens is 270 g/mol. The average molecular weight is 291 g/mol. The van der Waals surface area contributed by atoms with Crippen LogP contribution in [0.15, 0.2) is 12.1 Å². The molecule has 114 valence electrons. The third-order valence-electron chi connectivity index (χ3n) is 3.32. The number of nitrogens with one attached hydrogen (secondary N) is 2. The third-order valence-corrected chi connectivity index (χ3v) is 3.32. The van der Waals surface area contributed by atoms with Crippen molar-refractivity contribution < 1.29 is 14.7 Å². The lowest BCUT2D eigenvalue weighted by molar-refractivity contribution is -0.121. The van der Waals surface area contributed by atoms with Crippen LogP contribution in [-0.4, -0.2) is 34.6 Å². The predicted molar refractivity (Wildman–Crippen MR) is 79.5 cm³/mol. The van der Waals surface area contributed by atoms with Crippen molar-refractivity contribution in [2.75, 3.05) is 11.9 Å². The molecule has 0 saturated heterocycles. The van der Waals surface area contributed by atoms with Gasteiger partial charge in [-0.1, -0.05) is 6.92 Å². The van der Waals surface area contributed by atoms with Gasteiger partial charge in [-0.3, -0.25) is 4.79 Å². The molecule has 0 bridgehead atoms. The van der Waals surface area contributed by atoms with Gasteiger partial charge < -0.3 is 15.7 Å². The van der Waals surface area contributed by atoms with E-state index in [1.54, 1.807) is 6.07 Å². The summed E-state index contributed by atoms with van der Waals surface area (Å²) in [6, 6.07) is 3.49. The summed E-state index contributed by atoms with van der Waals surface area (Å²) in [6.45, 7) is 2.53. The Hall–Kier alpha value is -2.11. The van der Waals surface area contributed by atoms with Gasteiger partial charge in [-0.15, -0.1) is 0 Å². The molecule has 1 aliphatic carbocycles. The van der Waals surface area contributed by atoms with E-state index < -0.39 is 5.97 Å². The Bertz CT molecular complexity index is 527. The maximum absolute atomic E-state index is 11.5. The monoisotopic (exact) mass is 291 g/mol. The number of aromatic nitrogens is 1. The number of amides is 1. The lowest BCUT2D eigenvalue weighted by Crippen LogP contribution is -2.25. The standard InChI is InChI=1S/C15H21N3O3/c1-2-11-8-10(15(20)21)9-13(17-11)16-7-3-4-14(19)18-12-5-6-12/h8-9,12H,2-7H2,1H3,(H,16,17)(H,18,19)(H,20,21). The van der Waals surface area contributed by atoms with E-state index in [1.807, 2.05) is 6.92 Å². The van der Waals surface area contributed by atoms with E-state index in [4.69, 9.17) is 5.11 Å². The Morgan fingerprint density at radius 1 is 1.38 bits per heavy atom. The van der Waals surface area contributed by atoms with Gasteiger partial charge in [0.2, 0.25) is 5.91 Å². The van der Waals surface area contributed by atoms with E-state index in [0.29, 0.717) is 37.7 Å². The van der Waals surface area contributed by atoms with Crippen LogP contribution in [0.4, 0.5) is 5.82 Å². The summed E-state index contributed by atoms with van der Waals surface area (Å²) >= 11 is 0. The van der Waals surface area contributed by atoms with Crippen molar-refractivity contribution in [1.29, 1.82) is 0 Å². The number of carbonyl (C=O) groups excluding carboxylic acids is 1. The van der Waals surface area contributed by atoms with Gasteiger partial charge in [0.1, 0.15) is 5.82 Å². The number of carboxylic acids is 1. The van der Waals surface area contributed by atoms with Gasteiger partial charge >= 0.3 is 5.97 Å². The molecule has 21 heavy (non-hydrogen) atoms. The van der Waals surface area contributed by atoms with Gasteiger partial charge in [-0.25, -0.2) is 9.78 Å². The van der Waals surface area contributed by atoms with Crippen LogP contribution in [0.2, 0.25) is 0 Å². The molecule has 0 aromatic carbocycles. The van der Waals surface area contributed by atoms with E-state index in [-0.39, 0.29) is 11.5 Å². The van der Waals surface area contributed by atoms with Gasteiger partial charge in [0.15, 0.2) is 0 Å². The van der Waals surface area contributed by atoms with Crippen LogP contribution in [0.25, 0.3) is 0 Å². The maximum atomic E-state index is 11.5. The molecule has 6 heteroatoms. The first-order valence-corrected chi connectivity index (χ1v) is 7.36. The highest BCUT2D eigenvalue weighted by molar-refractivity contribution is 5.88. The quantitative estimate of drug-likeness (QED) is 0.635. The molecule has 1 aliphatic rings. The largest absolute Gasteiger partial charge is 0.478 e. The second-order valence-corrected chi connectivity index (χ2v) is 5.26. The summed E-state index contributed by atoms with van der Waals surface area (Å²) in [5, 5.41) is 15.1. The predicted octanol–water partition coefficient (Wildman–Crippen LogP) is 1.81. The molecule has 1 amide bonds. The topological polar surface area (TPSA) is 91.3 Å². The number of hydrogen-bond acceptors (Lipinski definition) is 4. The normalized spacial score (nSPS) is 13.8. The summed E-state index contributed by atoms with van der Waals surface area (Å²) in [6.07, 6.45) is 4.03. The van der Waals surface area contributed by atoms with Crippen molar-refractivity contribution in [3.05, 3.63) is 23.4 Å². The van der Waals surface area contributed by atoms with Crippen molar-refractivity contribution in [2.24, 2.45) is 0 Å². The lowest BCUT2D eigenvalue weighted by atomic mass is 10.2. The summed E-state index contributed by atoms with van der Waals surface area (Å²) in [4.78, 5) is 26.9. The Morgan fingerprint density at radius 2 is 2.14 bits per heavy atom. The van der Waals surface area contributed by atoms with E-state index in [1.165, 1.54) is 6.07 Å². The third kappa shape index (κ3) is 5.06. The van der Waals surface area contributed by atoms with Crippen molar-refractivity contribution >= 4 is 17.7 Å². The average Bonchev–Trinajstić information content (AvgIpc) is 3.27. The number of carbonyl (C=O) groups is 2. The molecule has 0 radical (unpaired) electrons. The number of anilines is 1. The molecule has 1 aromatic rings. The van der Waals surface area contributed by atoms with Gasteiger partial charge in [0.05, 0.1) is 5.56 Å². The summed E-state index contributed by atoms with van der Waals surface area (Å²) in [5.41, 5.74) is 0.972. The fraction of sp³-hybridized carbons (Fsp3) is 0.533. The highest BCUT2D eigenvalue weighted by Crippen LogP contribution is 2.18. The van der Waals surface area contributed by atoms with E-state index in [2.05, 4.69) is 15.6 Å².